The number of likely N-dealkylation sites (tertiary alicyclic amines) is 1. The lowest BCUT2D eigenvalue weighted by molar-refractivity contribution is -0.121. The average Bonchev–Trinajstić information content (AvgIpc) is 2.60. The molecule has 1 fully saturated rings. The van der Waals surface area contributed by atoms with Crippen LogP contribution >= 0.6 is 0 Å². The summed E-state index contributed by atoms with van der Waals surface area (Å²) in [6.45, 7) is 8.02. The van der Waals surface area contributed by atoms with Gasteiger partial charge in [-0.3, -0.25) is 9.79 Å². The number of rotatable bonds is 9. The molecule has 0 atom stereocenters. The first-order valence-electron chi connectivity index (χ1n) is 9.50. The van der Waals surface area contributed by atoms with Gasteiger partial charge in [-0.05, 0) is 32.1 Å². The number of piperidine rings is 1. The van der Waals surface area contributed by atoms with Gasteiger partial charge in [0.05, 0.1) is 6.26 Å². The predicted molar refractivity (Wildman–Crippen MR) is 106 cm³/mol. The summed E-state index contributed by atoms with van der Waals surface area (Å²) < 4.78 is 24.7. The van der Waals surface area contributed by atoms with Crippen molar-refractivity contribution in [3.8, 4) is 0 Å². The molecule has 0 aromatic carbocycles. The van der Waals surface area contributed by atoms with Gasteiger partial charge in [0, 0.05) is 52.7 Å². The van der Waals surface area contributed by atoms with Crippen LogP contribution < -0.4 is 10.6 Å². The lowest BCUT2D eigenvalue weighted by atomic mass is 9.93. The fraction of sp³-hybridized carbons (Fsp3) is 0.882. The minimum Gasteiger partial charge on any atom is -0.359 e. The molecule has 1 rings (SSSR count). The topological polar surface area (TPSA) is 94.1 Å². The Labute approximate surface area is 158 Å². The zero-order valence-corrected chi connectivity index (χ0v) is 17.4. The van der Waals surface area contributed by atoms with Crippen LogP contribution in [0.1, 0.15) is 39.5 Å². The van der Waals surface area contributed by atoms with E-state index < -0.39 is 10.0 Å². The van der Waals surface area contributed by atoms with Gasteiger partial charge in [0.25, 0.3) is 0 Å². The first kappa shape index (κ1) is 22.7. The first-order chi connectivity index (χ1) is 12.3. The lowest BCUT2D eigenvalue weighted by Gasteiger charge is -2.34. The van der Waals surface area contributed by atoms with Crippen molar-refractivity contribution in [1.82, 2.24) is 19.8 Å². The summed E-state index contributed by atoms with van der Waals surface area (Å²) in [7, 11) is -1.46. The van der Waals surface area contributed by atoms with E-state index in [-0.39, 0.29) is 5.91 Å². The van der Waals surface area contributed by atoms with Crippen LogP contribution in [-0.4, -0.2) is 82.1 Å². The summed E-state index contributed by atoms with van der Waals surface area (Å²) in [6.07, 6.45) is 4.50. The largest absolute Gasteiger partial charge is 0.359 e. The molecule has 1 heterocycles. The number of sulfonamides is 1. The molecule has 0 aromatic rings. The molecule has 0 saturated carbocycles. The molecule has 152 valence electrons. The summed E-state index contributed by atoms with van der Waals surface area (Å²) in [5, 5.41) is 6.01. The molecule has 0 bridgehead atoms. The second kappa shape index (κ2) is 11.4. The van der Waals surface area contributed by atoms with Gasteiger partial charge in [-0.15, -0.1) is 0 Å². The van der Waals surface area contributed by atoms with E-state index in [0.717, 1.165) is 38.4 Å². The smallest absolute Gasteiger partial charge is 0.220 e. The second-order valence-corrected chi connectivity index (χ2v) is 8.63. The maximum Gasteiger partial charge on any atom is 0.220 e. The molecule has 0 radical (unpaired) electrons. The molecule has 8 nitrogen and oxygen atoms in total. The van der Waals surface area contributed by atoms with E-state index in [4.69, 9.17) is 0 Å². The van der Waals surface area contributed by atoms with Crippen molar-refractivity contribution >= 4 is 21.9 Å². The van der Waals surface area contributed by atoms with Crippen molar-refractivity contribution in [3.05, 3.63) is 0 Å². The molecule has 0 aromatic heterocycles. The molecule has 9 heteroatoms. The maximum absolute atomic E-state index is 11.6. The Kier molecular flexibility index (Phi) is 9.93. The fourth-order valence-corrected chi connectivity index (χ4v) is 4.06. The van der Waals surface area contributed by atoms with Crippen molar-refractivity contribution in [2.24, 2.45) is 10.9 Å². The number of carbonyl (C=O) groups excluding carboxylic acids is 1. The van der Waals surface area contributed by atoms with Crippen LogP contribution in [0, 0.1) is 5.92 Å². The van der Waals surface area contributed by atoms with Crippen LogP contribution in [0.15, 0.2) is 4.99 Å². The molecule has 2 N–H and O–H groups in total. The molecule has 26 heavy (non-hydrogen) atoms. The number of hydrogen-bond donors (Lipinski definition) is 2. The average molecular weight is 390 g/mol. The van der Waals surface area contributed by atoms with Gasteiger partial charge in [-0.25, -0.2) is 12.7 Å². The highest BCUT2D eigenvalue weighted by molar-refractivity contribution is 7.88. The summed E-state index contributed by atoms with van der Waals surface area (Å²) in [6, 6.07) is 0. The van der Waals surface area contributed by atoms with Crippen molar-refractivity contribution in [3.63, 3.8) is 0 Å². The van der Waals surface area contributed by atoms with Crippen LogP contribution in [0.5, 0.6) is 0 Å². The third-order valence-corrected chi connectivity index (χ3v) is 6.03. The summed E-state index contributed by atoms with van der Waals surface area (Å²) in [4.78, 5) is 18.4. The zero-order valence-electron chi connectivity index (χ0n) is 16.6. The number of guanidine groups is 1. The van der Waals surface area contributed by atoms with Crippen LogP contribution in [0.3, 0.4) is 0 Å². The minimum absolute atomic E-state index is 0.107. The molecule has 1 aliphatic heterocycles. The van der Waals surface area contributed by atoms with Gasteiger partial charge in [0.1, 0.15) is 0 Å². The van der Waals surface area contributed by atoms with Gasteiger partial charge < -0.3 is 15.5 Å². The highest BCUT2D eigenvalue weighted by Crippen LogP contribution is 2.20. The Bertz CT molecular complexity index is 557. The van der Waals surface area contributed by atoms with Crippen LogP contribution in [-0.2, 0) is 14.8 Å². The molecule has 1 aliphatic rings. The molecule has 1 amide bonds. The molecule has 0 unspecified atom stereocenters. The number of carbonyl (C=O) groups is 1. The molecular formula is C17H35N5O3S. The third-order valence-electron chi connectivity index (χ3n) is 4.65. The Hall–Kier alpha value is -1.35. The van der Waals surface area contributed by atoms with E-state index in [1.165, 1.54) is 10.6 Å². The lowest BCUT2D eigenvalue weighted by Crippen LogP contribution is -2.46. The summed E-state index contributed by atoms with van der Waals surface area (Å²) in [5.41, 5.74) is 0. The van der Waals surface area contributed by atoms with Gasteiger partial charge in [0.15, 0.2) is 5.96 Å². The number of hydrogen-bond acceptors (Lipinski definition) is 4. The van der Waals surface area contributed by atoms with E-state index in [2.05, 4.69) is 20.5 Å². The standard InChI is InChI=1S/C17H35N5O3S/c1-5-19-17(20-10-7-11-22(6-2)26(4,24)25)21-12-8-15(9-13-21)14-16(23)18-3/h15H,5-14H2,1-4H3,(H,18,23)(H,19,20). The number of nitrogens with zero attached hydrogens (tertiary/aromatic N) is 3. The van der Waals surface area contributed by atoms with Gasteiger partial charge in [-0.2, -0.15) is 0 Å². The SMILES string of the molecule is CCNC(=NCCCN(CC)S(C)(=O)=O)N1CCC(CC(=O)NC)CC1. The Morgan fingerprint density at radius 1 is 1.27 bits per heavy atom. The Morgan fingerprint density at radius 3 is 2.42 bits per heavy atom. The number of aliphatic imine (C=N–C) groups is 1. The first-order valence-corrected chi connectivity index (χ1v) is 11.4. The van der Waals surface area contributed by atoms with E-state index in [0.29, 0.717) is 38.4 Å². The fourth-order valence-electron chi connectivity index (χ4n) is 3.13. The third kappa shape index (κ3) is 7.90. The highest BCUT2D eigenvalue weighted by Gasteiger charge is 2.23. The molecular weight excluding hydrogens is 354 g/mol. The van der Waals surface area contributed by atoms with E-state index in [1.54, 1.807) is 7.05 Å². The molecule has 0 spiro atoms. The van der Waals surface area contributed by atoms with Crippen molar-refractivity contribution in [1.29, 1.82) is 0 Å². The van der Waals surface area contributed by atoms with E-state index in [9.17, 15) is 13.2 Å². The van der Waals surface area contributed by atoms with Crippen LogP contribution in [0.2, 0.25) is 0 Å². The molecule has 1 saturated heterocycles. The monoisotopic (exact) mass is 389 g/mol. The van der Waals surface area contributed by atoms with Crippen molar-refractivity contribution < 1.29 is 13.2 Å². The van der Waals surface area contributed by atoms with Crippen molar-refractivity contribution in [2.75, 3.05) is 52.6 Å². The highest BCUT2D eigenvalue weighted by atomic mass is 32.2. The predicted octanol–water partition coefficient (Wildman–Crippen LogP) is 0.472. The number of nitrogens with one attached hydrogen (secondary N) is 2. The Morgan fingerprint density at radius 2 is 1.92 bits per heavy atom. The van der Waals surface area contributed by atoms with Gasteiger partial charge >= 0.3 is 0 Å². The summed E-state index contributed by atoms with van der Waals surface area (Å²) >= 11 is 0. The zero-order chi connectivity index (χ0) is 19.6. The molecule has 0 aliphatic carbocycles. The maximum atomic E-state index is 11.6. The van der Waals surface area contributed by atoms with Gasteiger partial charge in [-0.1, -0.05) is 6.92 Å². The van der Waals surface area contributed by atoms with Crippen LogP contribution in [0.25, 0.3) is 0 Å². The Balaban J connectivity index is 2.50. The normalized spacial score (nSPS) is 16.8. The quantitative estimate of drug-likeness (QED) is 0.340. The number of amides is 1. The van der Waals surface area contributed by atoms with Gasteiger partial charge in [0.2, 0.25) is 15.9 Å². The van der Waals surface area contributed by atoms with Crippen LogP contribution in [0.4, 0.5) is 0 Å². The van der Waals surface area contributed by atoms with E-state index >= 15 is 0 Å². The summed E-state index contributed by atoms with van der Waals surface area (Å²) in [5.74, 6) is 1.42. The second-order valence-electron chi connectivity index (χ2n) is 6.65. The minimum atomic E-state index is -3.14. The van der Waals surface area contributed by atoms with Crippen molar-refractivity contribution in [2.45, 2.75) is 39.5 Å². The van der Waals surface area contributed by atoms with E-state index in [1.807, 2.05) is 13.8 Å².